The highest BCUT2D eigenvalue weighted by Crippen LogP contribution is 2.28. The summed E-state index contributed by atoms with van der Waals surface area (Å²) in [4.78, 5) is 10.8. The van der Waals surface area contributed by atoms with Gasteiger partial charge in [0, 0.05) is 18.6 Å². The lowest BCUT2D eigenvalue weighted by Gasteiger charge is -2.06. The van der Waals surface area contributed by atoms with Gasteiger partial charge in [0.05, 0.1) is 4.92 Å². The molecule has 1 aromatic heterocycles. The number of hydrogen-bond donors (Lipinski definition) is 1. The average molecular weight is 309 g/mol. The molecule has 0 unspecified atom stereocenters. The van der Waals surface area contributed by atoms with Crippen molar-refractivity contribution in [3.8, 4) is 0 Å². The molecule has 0 saturated heterocycles. The van der Waals surface area contributed by atoms with Gasteiger partial charge in [-0.05, 0) is 30.5 Å². The first-order chi connectivity index (χ1) is 10.0. The second-order valence-corrected chi connectivity index (χ2v) is 5.12. The molecule has 1 aromatic carbocycles. The number of nitro groups is 1. The number of aromatic nitrogens is 2. The van der Waals surface area contributed by atoms with Gasteiger partial charge in [-0.2, -0.15) is 5.10 Å². The van der Waals surface area contributed by atoms with Crippen LogP contribution in [0.2, 0.25) is 5.02 Å². The van der Waals surface area contributed by atoms with E-state index in [-0.39, 0.29) is 10.6 Å². The van der Waals surface area contributed by atoms with Crippen molar-refractivity contribution in [3.63, 3.8) is 0 Å². The van der Waals surface area contributed by atoms with Gasteiger partial charge in [0.1, 0.15) is 5.69 Å². The third-order valence-corrected chi connectivity index (χ3v) is 3.44. The second kappa shape index (κ2) is 6.58. The van der Waals surface area contributed by atoms with Crippen LogP contribution in [-0.2, 0) is 19.9 Å². The van der Waals surface area contributed by atoms with E-state index in [1.807, 2.05) is 31.2 Å². The molecule has 0 saturated carbocycles. The maximum absolute atomic E-state index is 11.2. The number of rotatable bonds is 6. The highest BCUT2D eigenvalue weighted by Gasteiger charge is 2.25. The number of halogens is 1. The Kier molecular flexibility index (Phi) is 4.80. The van der Waals surface area contributed by atoms with Crippen LogP contribution in [0.5, 0.6) is 0 Å². The van der Waals surface area contributed by atoms with E-state index in [0.29, 0.717) is 29.5 Å². The zero-order valence-electron chi connectivity index (χ0n) is 12.0. The third-order valence-electron chi connectivity index (χ3n) is 3.20. The molecule has 0 fully saturated rings. The topological polar surface area (TPSA) is 73.0 Å². The van der Waals surface area contributed by atoms with E-state index in [0.717, 1.165) is 12.0 Å². The molecule has 0 aliphatic heterocycles. The van der Waals surface area contributed by atoms with Crippen LogP contribution in [0.25, 0.3) is 0 Å². The van der Waals surface area contributed by atoms with E-state index in [1.165, 1.54) is 4.68 Å². The zero-order chi connectivity index (χ0) is 15.4. The highest BCUT2D eigenvalue weighted by molar-refractivity contribution is 6.30. The van der Waals surface area contributed by atoms with E-state index in [2.05, 4.69) is 10.4 Å². The van der Waals surface area contributed by atoms with E-state index in [9.17, 15) is 10.1 Å². The monoisotopic (exact) mass is 308 g/mol. The normalized spacial score (nSPS) is 10.6. The molecule has 7 heteroatoms. The molecule has 0 aliphatic rings. The molecule has 0 amide bonds. The highest BCUT2D eigenvalue weighted by atomic mass is 35.5. The van der Waals surface area contributed by atoms with Gasteiger partial charge in [0.25, 0.3) is 0 Å². The maximum atomic E-state index is 11.2. The molecule has 0 atom stereocenters. The fraction of sp³-hybridized carbons (Fsp3) is 0.357. The summed E-state index contributed by atoms with van der Waals surface area (Å²) in [5.74, 6) is 0.443. The van der Waals surface area contributed by atoms with Crippen molar-refractivity contribution in [2.75, 3.05) is 11.9 Å². The van der Waals surface area contributed by atoms with Gasteiger partial charge >= 0.3 is 5.69 Å². The van der Waals surface area contributed by atoms with Crippen LogP contribution in [-0.4, -0.2) is 21.2 Å². The lowest BCUT2D eigenvalue weighted by Crippen LogP contribution is -2.10. The molecule has 0 radical (unpaired) electrons. The Morgan fingerprint density at radius 2 is 2.24 bits per heavy atom. The Hall–Kier alpha value is -2.08. The molecular formula is C14H17ClN4O2. The minimum absolute atomic E-state index is 0.0612. The van der Waals surface area contributed by atoms with Crippen LogP contribution in [0, 0.1) is 10.1 Å². The molecule has 2 rings (SSSR count). The van der Waals surface area contributed by atoms with Crippen molar-refractivity contribution in [2.45, 2.75) is 19.8 Å². The first kappa shape index (κ1) is 15.3. The second-order valence-electron chi connectivity index (χ2n) is 4.68. The van der Waals surface area contributed by atoms with E-state index >= 15 is 0 Å². The van der Waals surface area contributed by atoms with Crippen molar-refractivity contribution >= 4 is 23.1 Å². The standard InChI is InChI=1S/C14H17ClN4O2/c1-3-12-13(19(20)21)14(18(2)17-12)16-8-7-10-5-4-6-11(15)9-10/h4-6,9,16H,3,7-8H2,1-2H3. The Balaban J connectivity index is 2.10. The number of benzene rings is 1. The predicted molar refractivity (Wildman–Crippen MR) is 82.9 cm³/mol. The summed E-state index contributed by atoms with van der Waals surface area (Å²) in [6, 6.07) is 7.57. The SMILES string of the molecule is CCc1nn(C)c(NCCc2cccc(Cl)c2)c1[N+](=O)[O-]. The Labute approximate surface area is 127 Å². The van der Waals surface area contributed by atoms with E-state index in [1.54, 1.807) is 7.05 Å². The summed E-state index contributed by atoms with van der Waals surface area (Å²) < 4.78 is 1.52. The van der Waals surface area contributed by atoms with Crippen molar-refractivity contribution in [1.29, 1.82) is 0 Å². The molecule has 1 heterocycles. The number of nitrogens with one attached hydrogen (secondary N) is 1. The lowest BCUT2D eigenvalue weighted by molar-refractivity contribution is -0.384. The largest absolute Gasteiger partial charge is 0.364 e. The minimum atomic E-state index is -0.381. The first-order valence-electron chi connectivity index (χ1n) is 6.71. The third kappa shape index (κ3) is 3.52. The van der Waals surface area contributed by atoms with Gasteiger partial charge in [-0.25, -0.2) is 4.68 Å². The maximum Gasteiger partial charge on any atom is 0.333 e. The van der Waals surface area contributed by atoms with Crippen LogP contribution in [0.1, 0.15) is 18.2 Å². The van der Waals surface area contributed by atoms with Gasteiger partial charge in [0.2, 0.25) is 5.82 Å². The van der Waals surface area contributed by atoms with Crippen molar-refractivity contribution in [3.05, 3.63) is 50.7 Å². The van der Waals surface area contributed by atoms with E-state index < -0.39 is 0 Å². The zero-order valence-corrected chi connectivity index (χ0v) is 12.7. The van der Waals surface area contributed by atoms with Gasteiger partial charge in [0.15, 0.2) is 0 Å². The van der Waals surface area contributed by atoms with Crippen LogP contribution < -0.4 is 5.32 Å². The summed E-state index contributed by atoms with van der Waals surface area (Å²) in [5, 5.41) is 19.2. The van der Waals surface area contributed by atoms with Crippen LogP contribution in [0.15, 0.2) is 24.3 Å². The summed E-state index contributed by atoms with van der Waals surface area (Å²) in [6.45, 7) is 2.43. The number of aryl methyl sites for hydroxylation is 2. The fourth-order valence-corrected chi connectivity index (χ4v) is 2.43. The Morgan fingerprint density at radius 3 is 2.86 bits per heavy atom. The molecule has 112 valence electrons. The summed E-state index contributed by atoms with van der Waals surface area (Å²) in [5.41, 5.74) is 1.63. The molecule has 0 aliphatic carbocycles. The minimum Gasteiger partial charge on any atom is -0.364 e. The number of nitrogens with zero attached hydrogens (tertiary/aromatic N) is 3. The van der Waals surface area contributed by atoms with Crippen LogP contribution in [0.3, 0.4) is 0 Å². The summed E-state index contributed by atoms with van der Waals surface area (Å²) >= 11 is 5.93. The molecular weight excluding hydrogens is 292 g/mol. The van der Waals surface area contributed by atoms with Crippen LogP contribution in [0.4, 0.5) is 11.5 Å². The summed E-state index contributed by atoms with van der Waals surface area (Å²) in [6.07, 6.45) is 1.25. The quantitative estimate of drug-likeness (QED) is 0.657. The average Bonchev–Trinajstić information content (AvgIpc) is 2.75. The van der Waals surface area contributed by atoms with Crippen molar-refractivity contribution in [1.82, 2.24) is 9.78 Å². The van der Waals surface area contributed by atoms with Gasteiger partial charge in [-0.15, -0.1) is 0 Å². The molecule has 0 bridgehead atoms. The van der Waals surface area contributed by atoms with Crippen molar-refractivity contribution < 1.29 is 4.92 Å². The Morgan fingerprint density at radius 1 is 1.48 bits per heavy atom. The van der Waals surface area contributed by atoms with Gasteiger partial charge in [-0.3, -0.25) is 10.1 Å². The smallest absolute Gasteiger partial charge is 0.333 e. The fourth-order valence-electron chi connectivity index (χ4n) is 2.21. The molecule has 0 spiro atoms. The molecule has 1 N–H and O–H groups in total. The summed E-state index contributed by atoms with van der Waals surface area (Å²) in [7, 11) is 1.70. The van der Waals surface area contributed by atoms with Crippen molar-refractivity contribution in [2.24, 2.45) is 7.05 Å². The predicted octanol–water partition coefficient (Wildman–Crippen LogP) is 3.20. The van der Waals surface area contributed by atoms with E-state index in [4.69, 9.17) is 11.6 Å². The molecule has 2 aromatic rings. The number of anilines is 1. The van der Waals surface area contributed by atoms with Gasteiger partial charge in [-0.1, -0.05) is 30.7 Å². The number of hydrogen-bond acceptors (Lipinski definition) is 4. The Bertz CT molecular complexity index is 654. The lowest BCUT2D eigenvalue weighted by atomic mass is 10.1. The van der Waals surface area contributed by atoms with Crippen LogP contribution >= 0.6 is 11.6 Å². The van der Waals surface area contributed by atoms with Gasteiger partial charge < -0.3 is 5.32 Å². The first-order valence-corrected chi connectivity index (χ1v) is 7.09. The molecule has 6 nitrogen and oxygen atoms in total. The molecule has 21 heavy (non-hydrogen) atoms.